The molecule has 0 aliphatic carbocycles. The van der Waals surface area contributed by atoms with E-state index in [4.69, 9.17) is 102 Å². The summed E-state index contributed by atoms with van der Waals surface area (Å²) in [7, 11) is 0. The number of aliphatic hydroxyl groups is 20. The van der Waals surface area contributed by atoms with Crippen LogP contribution in [0.15, 0.2) is 0 Å². The predicted octanol–water partition coefficient (Wildman–Crippen LogP) is 8.17. The summed E-state index contributed by atoms with van der Waals surface area (Å²) in [6, 6.07) is 0. The minimum atomic E-state index is -1.22. The summed E-state index contributed by atoms with van der Waals surface area (Å²) in [6.07, 6.45) is 33.3. The molecule has 0 aliphatic heterocycles. The quantitative estimate of drug-likeness (QED) is 0.0201. The van der Waals surface area contributed by atoms with Crippen molar-refractivity contribution in [3.63, 3.8) is 0 Å². The van der Waals surface area contributed by atoms with Crippen LogP contribution >= 0.6 is 47.0 Å². The van der Waals surface area contributed by atoms with Gasteiger partial charge in [-0.05, 0) is 51.4 Å². The molecule has 0 bridgehead atoms. The number of carboxylic acid groups (broad SMARTS) is 1. The normalized spacial score (nSPS) is 16.6. The van der Waals surface area contributed by atoms with Gasteiger partial charge in [0.1, 0.15) is 61.0 Å². The maximum absolute atomic E-state index is 14.7. The molecule has 592 valence electrons. The number of unbranched alkanes of at least 4 members (excludes halogenated alkanes) is 20. The van der Waals surface area contributed by atoms with Crippen LogP contribution in [0.2, 0.25) is 0 Å². The number of aliphatic carboxylic acids is 1. The van der Waals surface area contributed by atoms with Crippen LogP contribution in [0, 0.1) is 0 Å². The maximum Gasteiger partial charge on any atom is 0.332 e. The lowest BCUT2D eigenvalue weighted by atomic mass is 10.1. The fourth-order valence-corrected chi connectivity index (χ4v) is 17.9. The van der Waals surface area contributed by atoms with E-state index in [2.05, 4.69) is 78.9 Å². The van der Waals surface area contributed by atoms with Crippen molar-refractivity contribution in [2.45, 2.75) is 377 Å². The second-order valence-corrected chi connectivity index (χ2v) is 31.7. The third kappa shape index (κ3) is 65.3. The zero-order valence-corrected chi connectivity index (χ0v) is 64.9. The van der Waals surface area contributed by atoms with Crippen molar-refractivity contribution in [3.05, 3.63) is 0 Å². The second-order valence-electron chi connectivity index (χ2n) is 25.2. The van der Waals surface area contributed by atoms with Gasteiger partial charge in [-0.3, -0.25) is 0 Å². The standard InChI is InChI=1S/C51H102O2S4.5C4H10O4/c1-9-17-25-29-33-41-45(37-21-13-5)54-50(55-46(38-22-14-6)42-34-30-26-18-10-2)51(49(52)53,56-47(39-23-15-7)43-35-31-27-19-11-3)57-48(40-24-16-8)44-36-32-28-20-12-4;5*5-1-3(7)4(8)2-6/h45-48,50H,9-44H2,1-8H3,(H,52,53);5*3-8H,1-2H2/t;5*3-,4+. The topological polar surface area (TPSA) is 442 Å². The Labute approximate surface area is 605 Å². The summed E-state index contributed by atoms with van der Waals surface area (Å²) in [4.78, 5) is 14.7. The highest BCUT2D eigenvalue weighted by Crippen LogP contribution is 2.58. The van der Waals surface area contributed by atoms with Crippen LogP contribution < -0.4 is 0 Å². The van der Waals surface area contributed by atoms with Crippen molar-refractivity contribution < 1.29 is 112 Å². The number of thioether (sulfide) groups is 4. The molecule has 26 heteroatoms. The monoisotopic (exact) mass is 1480 g/mol. The number of carbonyl (C=O) groups is 1. The number of carboxylic acids is 1. The van der Waals surface area contributed by atoms with E-state index in [1.807, 2.05) is 23.5 Å². The first kappa shape index (κ1) is 108. The van der Waals surface area contributed by atoms with Crippen LogP contribution in [0.3, 0.4) is 0 Å². The lowest BCUT2D eigenvalue weighted by Crippen LogP contribution is -2.45. The minimum Gasteiger partial charge on any atom is -0.480 e. The number of hydrogen-bond donors (Lipinski definition) is 21. The van der Waals surface area contributed by atoms with E-state index in [1.54, 1.807) is 0 Å². The first-order valence-electron chi connectivity index (χ1n) is 37.2. The molecule has 21 N–H and O–H groups in total. The Balaban J connectivity index is -0.000000408. The Morgan fingerprint density at radius 2 is 0.402 bits per heavy atom. The van der Waals surface area contributed by atoms with Crippen molar-refractivity contribution in [1.29, 1.82) is 0 Å². The van der Waals surface area contributed by atoms with Crippen molar-refractivity contribution in [3.8, 4) is 0 Å². The molecule has 0 aromatic rings. The lowest BCUT2D eigenvalue weighted by Gasteiger charge is -2.42. The Kier molecular flexibility index (Phi) is 89.3. The molecule has 4 unspecified atom stereocenters. The molecule has 0 rings (SSSR count). The summed E-state index contributed by atoms with van der Waals surface area (Å²) < 4.78 is -0.772. The van der Waals surface area contributed by atoms with Gasteiger partial charge in [-0.25, -0.2) is 4.79 Å². The van der Waals surface area contributed by atoms with Gasteiger partial charge in [0.25, 0.3) is 0 Å². The Bertz CT molecular complexity index is 1350. The van der Waals surface area contributed by atoms with Gasteiger partial charge in [0.15, 0.2) is 4.08 Å². The summed E-state index contributed by atoms with van der Waals surface area (Å²) in [5.41, 5.74) is 0. The van der Waals surface area contributed by atoms with Gasteiger partial charge in [0.2, 0.25) is 0 Å². The summed E-state index contributed by atoms with van der Waals surface area (Å²) in [5, 5.41) is 180. The van der Waals surface area contributed by atoms with Crippen molar-refractivity contribution in [2.75, 3.05) is 66.1 Å². The summed E-state index contributed by atoms with van der Waals surface area (Å²) in [6.45, 7) is 13.3. The molecule has 0 radical (unpaired) electrons. The first-order chi connectivity index (χ1) is 46.4. The molecule has 0 aromatic heterocycles. The average Bonchev–Trinajstić information content (AvgIpc) is 0.786. The number of aliphatic hydroxyl groups excluding tert-OH is 20. The van der Waals surface area contributed by atoms with E-state index in [-0.39, 0.29) is 4.58 Å². The molecule has 0 aromatic carbocycles. The van der Waals surface area contributed by atoms with Crippen LogP contribution in [0.25, 0.3) is 0 Å². The van der Waals surface area contributed by atoms with Crippen molar-refractivity contribution in [1.82, 2.24) is 0 Å². The van der Waals surface area contributed by atoms with Crippen molar-refractivity contribution >= 4 is 53.0 Å². The van der Waals surface area contributed by atoms with Crippen LogP contribution in [0.1, 0.15) is 287 Å². The highest BCUT2D eigenvalue weighted by molar-refractivity contribution is 8.25. The minimum absolute atomic E-state index is 0.0634. The van der Waals surface area contributed by atoms with E-state index < -0.39 is 137 Å². The smallest absolute Gasteiger partial charge is 0.332 e. The zero-order valence-electron chi connectivity index (χ0n) is 61.6. The largest absolute Gasteiger partial charge is 0.480 e. The molecular formula is C71H152O22S4. The van der Waals surface area contributed by atoms with Gasteiger partial charge in [-0.15, -0.1) is 47.0 Å². The van der Waals surface area contributed by atoms with Crippen LogP contribution in [-0.2, 0) is 4.79 Å². The number of rotatable bonds is 61. The Morgan fingerprint density at radius 3 is 0.567 bits per heavy atom. The first-order valence-corrected chi connectivity index (χ1v) is 40.9. The highest BCUT2D eigenvalue weighted by atomic mass is 32.2. The maximum atomic E-state index is 14.7. The van der Waals surface area contributed by atoms with E-state index in [9.17, 15) is 9.90 Å². The summed E-state index contributed by atoms with van der Waals surface area (Å²) >= 11 is 8.34. The lowest BCUT2D eigenvalue weighted by molar-refractivity contribution is -0.137. The third-order valence-electron chi connectivity index (χ3n) is 16.1. The van der Waals surface area contributed by atoms with Gasteiger partial charge in [-0.2, -0.15) is 0 Å². The van der Waals surface area contributed by atoms with Crippen LogP contribution in [0.5, 0.6) is 0 Å². The Morgan fingerprint density at radius 1 is 0.247 bits per heavy atom. The fraction of sp³-hybridized carbons (Fsp3) is 0.986. The van der Waals surface area contributed by atoms with Gasteiger partial charge in [-0.1, -0.05) is 235 Å². The fourth-order valence-electron chi connectivity index (χ4n) is 9.33. The molecule has 97 heavy (non-hydrogen) atoms. The van der Waals surface area contributed by atoms with Gasteiger partial charge < -0.3 is 107 Å². The van der Waals surface area contributed by atoms with E-state index in [0.29, 0.717) is 21.0 Å². The molecule has 22 nitrogen and oxygen atoms in total. The molecular weight excluding hydrogens is 1330 g/mol. The van der Waals surface area contributed by atoms with Crippen LogP contribution in [-0.4, -0.2) is 270 Å². The molecule has 0 fully saturated rings. The average molecular weight is 1490 g/mol. The number of hydrogen-bond acceptors (Lipinski definition) is 25. The Hall–Kier alpha value is 0.0700. The third-order valence-corrected chi connectivity index (χ3v) is 23.9. The van der Waals surface area contributed by atoms with Gasteiger partial charge in [0.05, 0.1) is 70.7 Å². The second kappa shape index (κ2) is 80.2. The van der Waals surface area contributed by atoms with Crippen molar-refractivity contribution in [2.24, 2.45) is 0 Å². The van der Waals surface area contributed by atoms with E-state index >= 15 is 0 Å². The van der Waals surface area contributed by atoms with Crippen LogP contribution in [0.4, 0.5) is 0 Å². The molecule has 0 heterocycles. The highest BCUT2D eigenvalue weighted by Gasteiger charge is 2.52. The molecule has 0 spiro atoms. The molecule has 0 saturated carbocycles. The van der Waals surface area contributed by atoms with E-state index in [1.165, 1.54) is 218 Å². The van der Waals surface area contributed by atoms with Gasteiger partial charge in [0, 0.05) is 21.0 Å². The molecule has 0 amide bonds. The predicted molar refractivity (Wildman–Crippen MR) is 402 cm³/mol. The molecule has 0 aliphatic rings. The molecule has 0 saturated heterocycles. The zero-order chi connectivity index (χ0) is 75.1. The molecule has 14 atom stereocenters. The SMILES string of the molecule is CCCCCCCC(CCCC)SC(SC(CCCC)CCCCCCC)C(SC(CCCC)CCCCCCC)(SC(CCCC)CCCCCCC)C(=O)O.OC[C@@H](O)[C@@H](O)CO.OC[C@@H](O)[C@@H](O)CO.OC[C@@H](O)[C@@H](O)CO.OC[C@@H](O)[C@@H](O)CO.OC[C@@H](O)[C@@H](O)CO. The van der Waals surface area contributed by atoms with Gasteiger partial charge >= 0.3 is 5.97 Å². The van der Waals surface area contributed by atoms with E-state index in [0.717, 1.165) is 12.8 Å². The summed E-state index contributed by atoms with van der Waals surface area (Å²) in [5.74, 6) is -0.503.